The summed E-state index contributed by atoms with van der Waals surface area (Å²) in [7, 11) is 1.47. The number of terminal acetylenes is 1. The number of carbonyl (C=O) groups excluding carboxylic acids is 2. The highest BCUT2D eigenvalue weighted by molar-refractivity contribution is 8.18. The van der Waals surface area contributed by atoms with E-state index in [0.29, 0.717) is 32.6 Å². The quantitative estimate of drug-likeness (QED) is 0.582. The molecule has 0 radical (unpaired) electrons. The molecular weight excluding hydrogens is 412 g/mol. The smallest absolute Gasteiger partial charge is 0.279 e. The van der Waals surface area contributed by atoms with Crippen LogP contribution in [-0.2, 0) is 4.79 Å². The number of thioether (sulfide) groups is 1. The predicted molar refractivity (Wildman–Crippen MR) is 114 cm³/mol. The predicted octanol–water partition coefficient (Wildman–Crippen LogP) is 3.76. The van der Waals surface area contributed by atoms with Gasteiger partial charge >= 0.3 is 0 Å². The summed E-state index contributed by atoms with van der Waals surface area (Å²) in [4.78, 5) is 28.8. The molecule has 2 aromatic rings. The number of carbonyl (C=O) groups is 2. The Morgan fingerprint density at radius 2 is 2.10 bits per heavy atom. The van der Waals surface area contributed by atoms with Crippen molar-refractivity contribution in [2.24, 2.45) is 4.99 Å². The molecule has 1 aliphatic heterocycles. The first-order valence-corrected chi connectivity index (χ1v) is 9.54. The fraction of sp³-hybridized carbons (Fsp3) is 0.0952. The number of nitrogens with one attached hydrogen (secondary N) is 1. The van der Waals surface area contributed by atoms with Crippen LogP contribution in [0, 0.1) is 12.3 Å². The Morgan fingerprint density at radius 1 is 1.34 bits per heavy atom. The molecule has 0 aromatic heterocycles. The normalized spacial score (nSPS) is 15.8. The molecule has 1 heterocycles. The SMILES string of the molecule is C#CCOc1c(Cl)cc(/C=C2\SC(=NC(=O)c3ccccc3)NC2=O)cc1OC. The van der Waals surface area contributed by atoms with Gasteiger partial charge in [-0.05, 0) is 47.7 Å². The maximum Gasteiger partial charge on any atom is 0.279 e. The van der Waals surface area contributed by atoms with E-state index in [9.17, 15) is 9.59 Å². The molecule has 0 aliphatic carbocycles. The summed E-state index contributed by atoms with van der Waals surface area (Å²) >= 11 is 7.32. The molecule has 29 heavy (non-hydrogen) atoms. The van der Waals surface area contributed by atoms with E-state index in [1.807, 2.05) is 0 Å². The number of halogens is 1. The molecule has 2 amide bonds. The van der Waals surface area contributed by atoms with E-state index in [-0.39, 0.29) is 17.7 Å². The molecule has 2 aromatic carbocycles. The summed E-state index contributed by atoms with van der Waals surface area (Å²) in [6.45, 7) is 0.0457. The van der Waals surface area contributed by atoms with Gasteiger partial charge in [-0.15, -0.1) is 6.42 Å². The number of nitrogens with zero attached hydrogens (tertiary/aromatic N) is 1. The molecule has 3 rings (SSSR count). The number of aliphatic imine (C=N–C) groups is 1. The van der Waals surface area contributed by atoms with Crippen LogP contribution in [0.4, 0.5) is 0 Å². The lowest BCUT2D eigenvalue weighted by molar-refractivity contribution is -0.115. The minimum Gasteiger partial charge on any atom is -0.493 e. The van der Waals surface area contributed by atoms with Gasteiger partial charge in [0.05, 0.1) is 17.0 Å². The first kappa shape index (κ1) is 20.5. The van der Waals surface area contributed by atoms with Gasteiger partial charge in [0, 0.05) is 5.56 Å². The second kappa shape index (κ2) is 9.32. The number of benzene rings is 2. The van der Waals surface area contributed by atoms with Gasteiger partial charge in [-0.2, -0.15) is 4.99 Å². The maximum absolute atomic E-state index is 12.3. The van der Waals surface area contributed by atoms with Crippen LogP contribution < -0.4 is 14.8 Å². The van der Waals surface area contributed by atoms with Crippen LogP contribution >= 0.6 is 23.4 Å². The van der Waals surface area contributed by atoms with Gasteiger partial charge in [-0.1, -0.05) is 35.7 Å². The second-order valence-electron chi connectivity index (χ2n) is 5.68. The van der Waals surface area contributed by atoms with Gasteiger partial charge in [0.2, 0.25) is 0 Å². The van der Waals surface area contributed by atoms with E-state index in [1.165, 1.54) is 7.11 Å². The van der Waals surface area contributed by atoms with Crippen molar-refractivity contribution >= 4 is 46.4 Å². The molecule has 1 saturated heterocycles. The van der Waals surface area contributed by atoms with Gasteiger partial charge in [-0.25, -0.2) is 0 Å². The molecule has 1 aliphatic rings. The zero-order valence-electron chi connectivity index (χ0n) is 15.3. The standard InChI is InChI=1S/C21H15ClN2O4S/c1-3-9-28-18-15(22)10-13(11-16(18)27-2)12-17-20(26)24-21(29-17)23-19(25)14-7-5-4-6-8-14/h1,4-8,10-12H,9H2,2H3,(H,23,24,25,26)/b17-12-. The van der Waals surface area contributed by atoms with Crippen LogP contribution in [0.25, 0.3) is 6.08 Å². The summed E-state index contributed by atoms with van der Waals surface area (Å²) in [5.41, 5.74) is 1.06. The van der Waals surface area contributed by atoms with Crippen LogP contribution in [0.15, 0.2) is 52.4 Å². The lowest BCUT2D eigenvalue weighted by Gasteiger charge is -2.11. The average molecular weight is 427 g/mol. The number of ether oxygens (including phenoxy) is 2. The largest absolute Gasteiger partial charge is 0.493 e. The van der Waals surface area contributed by atoms with Crippen molar-refractivity contribution in [2.75, 3.05) is 13.7 Å². The monoisotopic (exact) mass is 426 g/mol. The highest BCUT2D eigenvalue weighted by Gasteiger charge is 2.25. The molecule has 6 nitrogen and oxygen atoms in total. The fourth-order valence-corrected chi connectivity index (χ4v) is 3.54. The Kier molecular flexibility index (Phi) is 6.60. The van der Waals surface area contributed by atoms with Crippen LogP contribution in [0.5, 0.6) is 11.5 Å². The molecule has 1 fully saturated rings. The van der Waals surface area contributed by atoms with E-state index < -0.39 is 5.91 Å². The third kappa shape index (κ3) is 4.99. The van der Waals surface area contributed by atoms with Gasteiger partial charge in [0.1, 0.15) is 6.61 Å². The number of hydrogen-bond acceptors (Lipinski definition) is 5. The number of rotatable bonds is 5. The van der Waals surface area contributed by atoms with E-state index in [1.54, 1.807) is 48.5 Å². The van der Waals surface area contributed by atoms with E-state index in [4.69, 9.17) is 27.5 Å². The molecule has 8 heteroatoms. The van der Waals surface area contributed by atoms with Crippen LogP contribution in [0.3, 0.4) is 0 Å². The van der Waals surface area contributed by atoms with Gasteiger partial charge < -0.3 is 14.8 Å². The lowest BCUT2D eigenvalue weighted by atomic mass is 10.2. The van der Waals surface area contributed by atoms with Crippen molar-refractivity contribution in [1.29, 1.82) is 0 Å². The summed E-state index contributed by atoms with van der Waals surface area (Å²) in [5, 5.41) is 3.09. The number of hydrogen-bond donors (Lipinski definition) is 1. The highest BCUT2D eigenvalue weighted by atomic mass is 35.5. The number of amidine groups is 1. The second-order valence-corrected chi connectivity index (χ2v) is 7.12. The lowest BCUT2D eigenvalue weighted by Crippen LogP contribution is -2.20. The Morgan fingerprint density at radius 3 is 2.79 bits per heavy atom. The molecule has 0 atom stereocenters. The summed E-state index contributed by atoms with van der Waals surface area (Å²) < 4.78 is 10.7. The summed E-state index contributed by atoms with van der Waals surface area (Å²) in [5.74, 6) is 2.27. The molecular formula is C21H15ClN2O4S. The molecule has 0 saturated carbocycles. The zero-order valence-corrected chi connectivity index (χ0v) is 16.8. The molecule has 146 valence electrons. The third-order valence-electron chi connectivity index (χ3n) is 3.72. The Hall–Kier alpha value is -3.21. The van der Waals surface area contributed by atoms with Crippen molar-refractivity contribution in [2.45, 2.75) is 0 Å². The average Bonchev–Trinajstić information content (AvgIpc) is 3.06. The van der Waals surface area contributed by atoms with Crippen molar-refractivity contribution in [1.82, 2.24) is 5.32 Å². The minimum atomic E-state index is -0.436. The first-order chi connectivity index (χ1) is 14.0. The van der Waals surface area contributed by atoms with Gasteiger partial charge in [-0.3, -0.25) is 9.59 Å². The van der Waals surface area contributed by atoms with Gasteiger partial charge in [0.25, 0.3) is 11.8 Å². The van der Waals surface area contributed by atoms with Crippen LogP contribution in [0.2, 0.25) is 5.02 Å². The van der Waals surface area contributed by atoms with E-state index in [2.05, 4.69) is 16.2 Å². The molecule has 0 unspecified atom stereocenters. The van der Waals surface area contributed by atoms with E-state index in [0.717, 1.165) is 11.8 Å². The number of amides is 2. The fourth-order valence-electron chi connectivity index (χ4n) is 2.45. The Balaban J connectivity index is 1.83. The first-order valence-electron chi connectivity index (χ1n) is 8.34. The minimum absolute atomic E-state index is 0.0457. The van der Waals surface area contributed by atoms with E-state index >= 15 is 0 Å². The maximum atomic E-state index is 12.3. The zero-order chi connectivity index (χ0) is 20.8. The Bertz CT molecular complexity index is 1060. The summed E-state index contributed by atoms with van der Waals surface area (Å²) in [6.07, 6.45) is 6.83. The van der Waals surface area contributed by atoms with Crippen molar-refractivity contribution in [3.8, 4) is 23.8 Å². The molecule has 0 bridgehead atoms. The van der Waals surface area contributed by atoms with Crippen molar-refractivity contribution in [3.63, 3.8) is 0 Å². The van der Waals surface area contributed by atoms with Crippen molar-refractivity contribution < 1.29 is 19.1 Å². The summed E-state index contributed by atoms with van der Waals surface area (Å²) in [6, 6.07) is 11.9. The van der Waals surface area contributed by atoms with Gasteiger partial charge in [0.15, 0.2) is 16.7 Å². The molecule has 1 N–H and O–H groups in total. The topological polar surface area (TPSA) is 77.0 Å². The highest BCUT2D eigenvalue weighted by Crippen LogP contribution is 2.38. The third-order valence-corrected chi connectivity index (χ3v) is 4.91. The van der Waals surface area contributed by atoms with Crippen LogP contribution in [0.1, 0.15) is 15.9 Å². The number of methoxy groups -OCH3 is 1. The van der Waals surface area contributed by atoms with Crippen molar-refractivity contribution in [3.05, 3.63) is 63.5 Å². The van der Waals surface area contributed by atoms with Crippen LogP contribution in [-0.4, -0.2) is 30.7 Å². The molecule has 0 spiro atoms. The Labute approximate surface area is 176 Å².